The monoisotopic (exact) mass is 348 g/mol. The summed E-state index contributed by atoms with van der Waals surface area (Å²) in [4.78, 5) is 15.7. The van der Waals surface area contributed by atoms with Crippen LogP contribution in [0.3, 0.4) is 0 Å². The standard InChI is InChI=1S/C21H24N4O/c1-16-5-3-10-22-20(16)14-25(15-21-17(2)6-4-11-23-21)12-9-18-7-8-19(26)13-24-18/h3-8,10-11,13,26H,9,12,14-15H2,1-2H3. The summed E-state index contributed by atoms with van der Waals surface area (Å²) in [5, 5.41) is 9.40. The lowest BCUT2D eigenvalue weighted by molar-refractivity contribution is 0.252. The predicted octanol–water partition coefficient (Wildman–Crippen LogP) is 3.44. The minimum atomic E-state index is 0.193. The molecule has 0 amide bonds. The van der Waals surface area contributed by atoms with Crippen LogP contribution < -0.4 is 0 Å². The normalized spacial score (nSPS) is 11.0. The molecule has 0 bridgehead atoms. The van der Waals surface area contributed by atoms with Crippen molar-refractivity contribution in [2.24, 2.45) is 0 Å². The van der Waals surface area contributed by atoms with E-state index < -0.39 is 0 Å². The molecule has 134 valence electrons. The lowest BCUT2D eigenvalue weighted by atomic mass is 10.1. The van der Waals surface area contributed by atoms with Gasteiger partial charge in [-0.2, -0.15) is 0 Å². The number of hydrogen-bond acceptors (Lipinski definition) is 5. The maximum Gasteiger partial charge on any atom is 0.133 e. The summed E-state index contributed by atoms with van der Waals surface area (Å²) >= 11 is 0. The number of nitrogens with zero attached hydrogens (tertiary/aromatic N) is 4. The van der Waals surface area contributed by atoms with E-state index in [1.54, 1.807) is 6.07 Å². The van der Waals surface area contributed by atoms with Gasteiger partial charge in [0.15, 0.2) is 0 Å². The fourth-order valence-electron chi connectivity index (χ4n) is 2.84. The van der Waals surface area contributed by atoms with Crippen LogP contribution in [-0.4, -0.2) is 31.5 Å². The summed E-state index contributed by atoms with van der Waals surface area (Å²) < 4.78 is 0. The van der Waals surface area contributed by atoms with Gasteiger partial charge < -0.3 is 5.11 Å². The number of aromatic nitrogens is 3. The van der Waals surface area contributed by atoms with E-state index in [1.165, 1.54) is 17.3 Å². The molecule has 1 N–H and O–H groups in total. The first kappa shape index (κ1) is 18.0. The van der Waals surface area contributed by atoms with Crippen molar-refractivity contribution >= 4 is 0 Å². The maximum absolute atomic E-state index is 9.40. The fraction of sp³-hybridized carbons (Fsp3) is 0.286. The number of aromatic hydroxyl groups is 1. The topological polar surface area (TPSA) is 62.1 Å². The molecule has 3 heterocycles. The van der Waals surface area contributed by atoms with Gasteiger partial charge in [-0.05, 0) is 49.2 Å². The maximum atomic E-state index is 9.40. The number of hydrogen-bond donors (Lipinski definition) is 1. The molecular weight excluding hydrogens is 324 g/mol. The molecule has 0 radical (unpaired) electrons. The van der Waals surface area contributed by atoms with Crippen LogP contribution in [0.5, 0.6) is 5.75 Å². The second-order valence-electron chi connectivity index (χ2n) is 6.50. The van der Waals surface area contributed by atoms with Crippen molar-refractivity contribution in [1.82, 2.24) is 19.9 Å². The Labute approximate surface area is 154 Å². The molecule has 3 rings (SSSR count). The van der Waals surface area contributed by atoms with Gasteiger partial charge in [-0.3, -0.25) is 19.9 Å². The highest BCUT2D eigenvalue weighted by Crippen LogP contribution is 2.14. The molecule has 5 heteroatoms. The van der Waals surface area contributed by atoms with Crippen LogP contribution in [0.2, 0.25) is 0 Å². The largest absolute Gasteiger partial charge is 0.506 e. The molecule has 0 aliphatic rings. The third-order valence-electron chi connectivity index (χ3n) is 4.48. The van der Waals surface area contributed by atoms with Crippen molar-refractivity contribution in [2.75, 3.05) is 6.54 Å². The SMILES string of the molecule is Cc1cccnc1CN(CCc1ccc(O)cn1)Cc1ncccc1C. The zero-order valence-corrected chi connectivity index (χ0v) is 15.3. The van der Waals surface area contributed by atoms with E-state index in [0.717, 1.165) is 43.1 Å². The first-order valence-electron chi connectivity index (χ1n) is 8.79. The summed E-state index contributed by atoms with van der Waals surface area (Å²) in [6.45, 7) is 6.55. The van der Waals surface area contributed by atoms with Crippen LogP contribution in [0, 0.1) is 13.8 Å². The minimum absolute atomic E-state index is 0.193. The molecule has 3 aromatic heterocycles. The zero-order valence-electron chi connectivity index (χ0n) is 15.3. The summed E-state index contributed by atoms with van der Waals surface area (Å²) in [6.07, 6.45) is 5.98. The van der Waals surface area contributed by atoms with Gasteiger partial charge in [-0.25, -0.2) is 0 Å². The van der Waals surface area contributed by atoms with E-state index >= 15 is 0 Å². The average Bonchev–Trinajstić information content (AvgIpc) is 2.64. The van der Waals surface area contributed by atoms with Crippen molar-refractivity contribution in [3.05, 3.63) is 83.2 Å². The molecule has 0 saturated heterocycles. The van der Waals surface area contributed by atoms with Gasteiger partial charge in [0.05, 0.1) is 17.6 Å². The highest BCUT2D eigenvalue weighted by Gasteiger charge is 2.12. The molecular formula is C21H24N4O. The second-order valence-corrected chi connectivity index (χ2v) is 6.50. The molecule has 0 spiro atoms. The zero-order chi connectivity index (χ0) is 18.4. The average molecular weight is 348 g/mol. The van der Waals surface area contributed by atoms with Crippen LogP contribution >= 0.6 is 0 Å². The van der Waals surface area contributed by atoms with Gasteiger partial charge in [0, 0.05) is 44.1 Å². The van der Waals surface area contributed by atoms with E-state index in [0.29, 0.717) is 0 Å². The Kier molecular flexibility index (Phi) is 5.92. The molecule has 0 atom stereocenters. The Morgan fingerprint density at radius 1 is 0.846 bits per heavy atom. The van der Waals surface area contributed by atoms with Gasteiger partial charge in [0.25, 0.3) is 0 Å². The molecule has 0 aliphatic carbocycles. The lowest BCUT2D eigenvalue weighted by Gasteiger charge is -2.23. The van der Waals surface area contributed by atoms with Crippen LogP contribution in [0.1, 0.15) is 28.2 Å². The van der Waals surface area contributed by atoms with Crippen LogP contribution in [0.4, 0.5) is 0 Å². The Morgan fingerprint density at radius 3 is 1.96 bits per heavy atom. The molecule has 0 saturated carbocycles. The Balaban J connectivity index is 1.75. The highest BCUT2D eigenvalue weighted by atomic mass is 16.3. The molecule has 5 nitrogen and oxygen atoms in total. The highest BCUT2D eigenvalue weighted by molar-refractivity contribution is 5.20. The third kappa shape index (κ3) is 4.86. The van der Waals surface area contributed by atoms with E-state index in [-0.39, 0.29) is 5.75 Å². The Hall–Kier alpha value is -2.79. The molecule has 26 heavy (non-hydrogen) atoms. The number of aryl methyl sites for hydroxylation is 2. The lowest BCUT2D eigenvalue weighted by Crippen LogP contribution is -2.27. The Morgan fingerprint density at radius 2 is 1.46 bits per heavy atom. The number of rotatable bonds is 7. The van der Waals surface area contributed by atoms with Crippen molar-refractivity contribution in [3.63, 3.8) is 0 Å². The van der Waals surface area contributed by atoms with Crippen molar-refractivity contribution in [3.8, 4) is 5.75 Å². The van der Waals surface area contributed by atoms with Crippen LogP contribution in [-0.2, 0) is 19.5 Å². The van der Waals surface area contributed by atoms with Gasteiger partial charge in [-0.15, -0.1) is 0 Å². The molecule has 0 aliphatic heterocycles. The van der Waals surface area contributed by atoms with Crippen LogP contribution in [0.25, 0.3) is 0 Å². The van der Waals surface area contributed by atoms with E-state index in [1.807, 2.05) is 30.6 Å². The summed E-state index contributed by atoms with van der Waals surface area (Å²) in [5.74, 6) is 0.193. The van der Waals surface area contributed by atoms with E-state index in [9.17, 15) is 5.11 Å². The first-order valence-corrected chi connectivity index (χ1v) is 8.79. The van der Waals surface area contributed by atoms with Gasteiger partial charge in [-0.1, -0.05) is 12.1 Å². The minimum Gasteiger partial charge on any atom is -0.506 e. The Bertz CT molecular complexity index is 801. The molecule has 0 aromatic carbocycles. The first-order chi connectivity index (χ1) is 12.6. The quantitative estimate of drug-likeness (QED) is 0.709. The molecule has 0 unspecified atom stereocenters. The van der Waals surface area contributed by atoms with Crippen molar-refractivity contribution in [2.45, 2.75) is 33.4 Å². The molecule has 0 fully saturated rings. The van der Waals surface area contributed by atoms with E-state index in [4.69, 9.17) is 0 Å². The van der Waals surface area contributed by atoms with Crippen LogP contribution in [0.15, 0.2) is 55.0 Å². The predicted molar refractivity (Wildman–Crippen MR) is 102 cm³/mol. The summed E-state index contributed by atoms with van der Waals surface area (Å²) in [6, 6.07) is 11.7. The second kappa shape index (κ2) is 8.54. The summed E-state index contributed by atoms with van der Waals surface area (Å²) in [7, 11) is 0. The molecule has 3 aromatic rings. The number of pyridine rings is 3. The summed E-state index contributed by atoms with van der Waals surface area (Å²) in [5.41, 5.74) is 5.51. The third-order valence-corrected chi connectivity index (χ3v) is 4.48. The van der Waals surface area contributed by atoms with E-state index in [2.05, 4.69) is 45.8 Å². The van der Waals surface area contributed by atoms with Crippen molar-refractivity contribution in [1.29, 1.82) is 0 Å². The fourth-order valence-corrected chi connectivity index (χ4v) is 2.84. The van der Waals surface area contributed by atoms with Gasteiger partial charge >= 0.3 is 0 Å². The van der Waals surface area contributed by atoms with Gasteiger partial charge in [0.2, 0.25) is 0 Å². The van der Waals surface area contributed by atoms with Gasteiger partial charge in [0.1, 0.15) is 5.75 Å². The van der Waals surface area contributed by atoms with Crippen molar-refractivity contribution < 1.29 is 5.11 Å². The smallest absolute Gasteiger partial charge is 0.133 e.